The van der Waals surface area contributed by atoms with Gasteiger partial charge < -0.3 is 21.7 Å². The fourth-order valence-corrected chi connectivity index (χ4v) is 5.77. The molecular formula is C32H54N4O5. The van der Waals surface area contributed by atoms with Crippen LogP contribution in [0.4, 0.5) is 4.79 Å². The third-order valence-electron chi connectivity index (χ3n) is 9.26. The first-order valence-electron chi connectivity index (χ1n) is 15.5. The highest BCUT2D eigenvalue weighted by Gasteiger charge is 2.37. The van der Waals surface area contributed by atoms with Crippen LogP contribution in [0.5, 0.6) is 0 Å². The van der Waals surface area contributed by atoms with Gasteiger partial charge >= 0.3 is 6.03 Å². The summed E-state index contributed by atoms with van der Waals surface area (Å²) in [6.45, 7) is 13.5. The molecule has 0 aromatic heterocycles. The average Bonchev–Trinajstić information content (AvgIpc) is 2.86. The molecule has 0 bridgehead atoms. The van der Waals surface area contributed by atoms with Gasteiger partial charge in [-0.2, -0.15) is 0 Å². The molecule has 0 saturated heterocycles. The van der Waals surface area contributed by atoms with Gasteiger partial charge in [-0.15, -0.1) is 0 Å². The molecule has 4 amide bonds. The Balaban J connectivity index is 2.05. The number of hydrogen-bond donors (Lipinski definition) is 4. The number of carbonyl (C=O) groups excluding carboxylic acids is 5. The number of Topliss-reactive ketones (excluding diaryl/α,β-unsaturated/α-hetero) is 2. The Hall–Kier alpha value is -2.71. The van der Waals surface area contributed by atoms with Crippen molar-refractivity contribution < 1.29 is 24.0 Å². The third-order valence-corrected chi connectivity index (χ3v) is 9.26. The predicted molar refractivity (Wildman–Crippen MR) is 161 cm³/mol. The first kappa shape index (κ1) is 34.5. The second kappa shape index (κ2) is 15.0. The first-order valence-corrected chi connectivity index (χ1v) is 15.5. The van der Waals surface area contributed by atoms with Gasteiger partial charge in [0.05, 0.1) is 11.7 Å². The molecule has 9 heteroatoms. The number of amides is 4. The minimum Gasteiger partial charge on any atom is -0.363 e. The van der Waals surface area contributed by atoms with Crippen molar-refractivity contribution in [3.63, 3.8) is 0 Å². The Bertz CT molecular complexity index is 987. The van der Waals surface area contributed by atoms with Crippen LogP contribution in [-0.2, 0) is 19.2 Å². The van der Waals surface area contributed by atoms with Crippen LogP contribution in [-0.4, -0.2) is 41.0 Å². The minimum atomic E-state index is -1.10. The van der Waals surface area contributed by atoms with Crippen molar-refractivity contribution in [2.45, 2.75) is 131 Å². The Morgan fingerprint density at radius 3 is 2.02 bits per heavy atom. The molecule has 2 aliphatic carbocycles. The molecule has 2 fully saturated rings. The SMILES string of the molecule is CC(C(=O)N/C(=C\CC1CCC1)C(=O)C(N)=O)C(C)C(C)(C)CCC(=O)C(NC(=O)NC(C)(C)C)C1CCCCC1. The third kappa shape index (κ3) is 10.9. The van der Waals surface area contributed by atoms with Crippen LogP contribution in [0.25, 0.3) is 0 Å². The maximum Gasteiger partial charge on any atom is 0.315 e. The van der Waals surface area contributed by atoms with Crippen LogP contribution < -0.4 is 21.7 Å². The lowest BCUT2D eigenvalue weighted by Crippen LogP contribution is -2.54. The van der Waals surface area contributed by atoms with E-state index in [2.05, 4.69) is 16.0 Å². The molecule has 2 saturated carbocycles. The maximum atomic E-state index is 13.5. The van der Waals surface area contributed by atoms with Gasteiger partial charge in [0, 0.05) is 17.9 Å². The Kier molecular flexibility index (Phi) is 12.6. The lowest BCUT2D eigenvalue weighted by molar-refractivity contribution is -0.135. The van der Waals surface area contributed by atoms with E-state index >= 15 is 0 Å². The van der Waals surface area contributed by atoms with E-state index in [-0.39, 0.29) is 47.1 Å². The smallest absolute Gasteiger partial charge is 0.315 e. The van der Waals surface area contributed by atoms with Crippen LogP contribution >= 0.6 is 0 Å². The van der Waals surface area contributed by atoms with Crippen molar-refractivity contribution in [3.05, 3.63) is 11.8 Å². The minimum absolute atomic E-state index is 0.0200. The number of hydrogen-bond acceptors (Lipinski definition) is 5. The number of allylic oxidation sites excluding steroid dienone is 1. The quantitative estimate of drug-likeness (QED) is 0.172. The summed E-state index contributed by atoms with van der Waals surface area (Å²) in [6, 6.07) is -0.862. The molecule has 2 aliphatic rings. The topological polar surface area (TPSA) is 147 Å². The molecule has 0 heterocycles. The number of rotatable bonds is 14. The molecular weight excluding hydrogens is 520 g/mol. The van der Waals surface area contributed by atoms with E-state index < -0.39 is 29.2 Å². The van der Waals surface area contributed by atoms with Crippen LogP contribution in [0, 0.1) is 29.1 Å². The molecule has 3 atom stereocenters. The van der Waals surface area contributed by atoms with Crippen molar-refractivity contribution in [2.24, 2.45) is 34.8 Å². The lowest BCUT2D eigenvalue weighted by atomic mass is 9.69. The molecule has 2 rings (SSSR count). The summed E-state index contributed by atoms with van der Waals surface area (Å²) in [5.74, 6) is -2.36. The van der Waals surface area contributed by atoms with E-state index in [0.717, 1.165) is 51.4 Å². The number of carbonyl (C=O) groups is 5. The van der Waals surface area contributed by atoms with Gasteiger partial charge in [0.1, 0.15) is 0 Å². The summed E-state index contributed by atoms with van der Waals surface area (Å²) < 4.78 is 0. The summed E-state index contributed by atoms with van der Waals surface area (Å²) >= 11 is 0. The standard InChI is InChI=1S/C32H54N4O5/c1-20(29(40)34-24(27(38)28(33)39)17-16-22-12-11-13-22)21(2)32(6,7)19-18-25(37)26(23-14-9-8-10-15-23)35-30(41)36-31(3,4)5/h17,20-23,26H,8-16,18-19H2,1-7H3,(H2,33,39)(H,34,40)(H2,35,36,41)/b24-17-. The van der Waals surface area contributed by atoms with Crippen LogP contribution in [0.1, 0.15) is 119 Å². The Morgan fingerprint density at radius 1 is 0.902 bits per heavy atom. The van der Waals surface area contributed by atoms with Crippen molar-refractivity contribution >= 4 is 29.4 Å². The first-order chi connectivity index (χ1) is 19.0. The van der Waals surface area contributed by atoms with E-state index in [1.807, 2.05) is 41.5 Å². The molecule has 0 aromatic carbocycles. The van der Waals surface area contributed by atoms with Gasteiger partial charge in [-0.05, 0) is 69.6 Å². The largest absolute Gasteiger partial charge is 0.363 e. The van der Waals surface area contributed by atoms with Crippen LogP contribution in [0.3, 0.4) is 0 Å². The molecule has 0 spiro atoms. The molecule has 0 aliphatic heterocycles. The summed E-state index contributed by atoms with van der Waals surface area (Å²) in [4.78, 5) is 63.4. The fourth-order valence-electron chi connectivity index (χ4n) is 5.77. The monoisotopic (exact) mass is 574 g/mol. The van der Waals surface area contributed by atoms with Gasteiger partial charge in [0.15, 0.2) is 5.78 Å². The number of urea groups is 1. The summed E-state index contributed by atoms with van der Waals surface area (Å²) in [6.07, 6.45) is 11.5. The zero-order chi connectivity index (χ0) is 31.0. The molecule has 41 heavy (non-hydrogen) atoms. The van der Waals surface area contributed by atoms with E-state index in [9.17, 15) is 24.0 Å². The zero-order valence-corrected chi connectivity index (χ0v) is 26.4. The Morgan fingerprint density at radius 2 is 1.51 bits per heavy atom. The van der Waals surface area contributed by atoms with E-state index in [0.29, 0.717) is 18.8 Å². The van der Waals surface area contributed by atoms with Gasteiger partial charge in [0.25, 0.3) is 11.7 Å². The average molecular weight is 575 g/mol. The Labute approximate surface area is 246 Å². The zero-order valence-electron chi connectivity index (χ0n) is 26.4. The summed E-state index contributed by atoms with van der Waals surface area (Å²) in [5, 5.41) is 8.56. The maximum absolute atomic E-state index is 13.5. The predicted octanol–water partition coefficient (Wildman–Crippen LogP) is 4.93. The van der Waals surface area contributed by atoms with Crippen molar-refractivity contribution in [2.75, 3.05) is 0 Å². The second-order valence-electron chi connectivity index (χ2n) is 14.1. The van der Waals surface area contributed by atoms with Gasteiger partial charge in [-0.25, -0.2) is 4.79 Å². The van der Waals surface area contributed by atoms with Crippen molar-refractivity contribution in [1.82, 2.24) is 16.0 Å². The number of nitrogens with two attached hydrogens (primary N) is 1. The number of primary amides is 1. The van der Waals surface area contributed by atoms with Gasteiger partial charge in [0.2, 0.25) is 5.91 Å². The van der Waals surface area contributed by atoms with Gasteiger partial charge in [-0.3, -0.25) is 19.2 Å². The number of ketones is 2. The van der Waals surface area contributed by atoms with Gasteiger partial charge in [-0.1, -0.05) is 72.3 Å². The van der Waals surface area contributed by atoms with E-state index in [4.69, 9.17) is 5.73 Å². The fraction of sp³-hybridized carbons (Fsp3) is 0.781. The van der Waals surface area contributed by atoms with Crippen LogP contribution in [0.2, 0.25) is 0 Å². The molecule has 9 nitrogen and oxygen atoms in total. The van der Waals surface area contributed by atoms with Crippen molar-refractivity contribution in [1.29, 1.82) is 0 Å². The van der Waals surface area contributed by atoms with Crippen molar-refractivity contribution in [3.8, 4) is 0 Å². The normalized spacial score (nSPS) is 19.3. The number of nitrogens with one attached hydrogen (secondary N) is 3. The summed E-state index contributed by atoms with van der Waals surface area (Å²) in [5.41, 5.74) is 4.39. The highest BCUT2D eigenvalue weighted by molar-refractivity contribution is 6.42. The van der Waals surface area contributed by atoms with E-state index in [1.54, 1.807) is 13.0 Å². The highest BCUT2D eigenvalue weighted by atomic mass is 16.2. The second-order valence-corrected chi connectivity index (χ2v) is 14.1. The summed E-state index contributed by atoms with van der Waals surface area (Å²) in [7, 11) is 0. The lowest BCUT2D eigenvalue weighted by Gasteiger charge is -2.36. The molecule has 3 unspecified atom stereocenters. The highest BCUT2D eigenvalue weighted by Crippen LogP contribution is 2.38. The van der Waals surface area contributed by atoms with Crippen LogP contribution in [0.15, 0.2) is 11.8 Å². The van der Waals surface area contributed by atoms with E-state index in [1.165, 1.54) is 0 Å². The molecule has 232 valence electrons. The molecule has 0 aromatic rings. The molecule has 5 N–H and O–H groups in total. The molecule has 0 radical (unpaired) electrons.